The summed E-state index contributed by atoms with van der Waals surface area (Å²) in [6.45, 7) is 3.52. The molecule has 1 aliphatic rings. The summed E-state index contributed by atoms with van der Waals surface area (Å²) in [7, 11) is 3.27. The van der Waals surface area contributed by atoms with E-state index in [1.54, 1.807) is 37.5 Å². The number of aromatic nitrogens is 2. The number of ether oxygens (including phenoxy) is 2. The average molecular weight is 525 g/mol. The molecule has 0 saturated carbocycles. The number of nitrogens with one attached hydrogen (secondary N) is 1. The van der Waals surface area contributed by atoms with E-state index in [-0.39, 0.29) is 11.5 Å². The van der Waals surface area contributed by atoms with Gasteiger partial charge in [-0.1, -0.05) is 42.2 Å². The molecule has 1 amide bonds. The van der Waals surface area contributed by atoms with E-state index in [0.29, 0.717) is 52.4 Å². The number of hydrogen-bond acceptors (Lipinski definition) is 8. The third-order valence-electron chi connectivity index (χ3n) is 5.83. The molecule has 36 heavy (non-hydrogen) atoms. The molecule has 1 fully saturated rings. The van der Waals surface area contributed by atoms with Crippen LogP contribution in [0, 0.1) is 6.92 Å². The third-order valence-corrected chi connectivity index (χ3v) is 7.21. The highest BCUT2D eigenvalue weighted by Gasteiger charge is 2.32. The van der Waals surface area contributed by atoms with Crippen LogP contribution in [-0.2, 0) is 16.0 Å². The van der Waals surface area contributed by atoms with Crippen molar-refractivity contribution in [1.29, 1.82) is 0 Å². The fourth-order valence-corrected chi connectivity index (χ4v) is 5.15. The number of fused-ring (bicyclic) bond motifs is 1. The predicted octanol–water partition coefficient (Wildman–Crippen LogP) is 3.90. The Morgan fingerprint density at radius 1 is 1.17 bits per heavy atom. The fourth-order valence-electron chi connectivity index (χ4n) is 3.86. The lowest BCUT2D eigenvalue weighted by molar-refractivity contribution is -0.122. The van der Waals surface area contributed by atoms with Crippen molar-refractivity contribution in [3.8, 4) is 5.75 Å². The van der Waals surface area contributed by atoms with Gasteiger partial charge in [0.1, 0.15) is 21.5 Å². The van der Waals surface area contributed by atoms with E-state index >= 15 is 0 Å². The highest BCUT2D eigenvalue weighted by molar-refractivity contribution is 8.26. The Morgan fingerprint density at radius 3 is 2.67 bits per heavy atom. The molecule has 0 unspecified atom stereocenters. The molecule has 1 saturated heterocycles. The third kappa shape index (κ3) is 5.61. The predicted molar refractivity (Wildman–Crippen MR) is 148 cm³/mol. The van der Waals surface area contributed by atoms with Crippen LogP contribution in [0.25, 0.3) is 11.7 Å². The second kappa shape index (κ2) is 11.7. The van der Waals surface area contributed by atoms with Crippen molar-refractivity contribution >= 4 is 51.7 Å². The number of carbonyl (C=O) groups excluding carboxylic acids is 1. The average Bonchev–Trinajstić information content (AvgIpc) is 3.15. The number of aryl methyl sites for hydroxylation is 1. The van der Waals surface area contributed by atoms with Crippen LogP contribution < -0.4 is 15.6 Å². The lowest BCUT2D eigenvalue weighted by atomic mass is 10.1. The number of hydrogen-bond donors (Lipinski definition) is 1. The van der Waals surface area contributed by atoms with Gasteiger partial charge in [0.15, 0.2) is 0 Å². The molecule has 4 rings (SSSR count). The Bertz CT molecular complexity index is 1370. The van der Waals surface area contributed by atoms with E-state index < -0.39 is 0 Å². The largest absolute Gasteiger partial charge is 0.497 e. The highest BCUT2D eigenvalue weighted by Crippen LogP contribution is 2.33. The van der Waals surface area contributed by atoms with Crippen LogP contribution in [-0.4, -0.2) is 58.4 Å². The van der Waals surface area contributed by atoms with Gasteiger partial charge in [0, 0.05) is 33.0 Å². The Balaban J connectivity index is 1.61. The van der Waals surface area contributed by atoms with Crippen molar-refractivity contribution in [3.05, 3.63) is 74.5 Å². The summed E-state index contributed by atoms with van der Waals surface area (Å²) in [5.41, 5.74) is 2.60. The van der Waals surface area contributed by atoms with Gasteiger partial charge in [-0.25, -0.2) is 4.98 Å². The molecule has 8 nitrogen and oxygen atoms in total. The number of amides is 1. The van der Waals surface area contributed by atoms with E-state index in [1.165, 1.54) is 16.2 Å². The summed E-state index contributed by atoms with van der Waals surface area (Å²) >= 11 is 6.70. The van der Waals surface area contributed by atoms with E-state index in [9.17, 15) is 9.59 Å². The maximum atomic E-state index is 13.4. The number of anilines is 1. The summed E-state index contributed by atoms with van der Waals surface area (Å²) in [5.74, 6) is 1.01. The number of pyridine rings is 1. The fraction of sp³-hybridized carbons (Fsp3) is 0.308. The van der Waals surface area contributed by atoms with Crippen molar-refractivity contribution in [2.24, 2.45) is 0 Å². The zero-order valence-electron chi connectivity index (χ0n) is 20.4. The number of rotatable bonds is 10. The smallest absolute Gasteiger partial charge is 0.267 e. The highest BCUT2D eigenvalue weighted by atomic mass is 32.2. The molecule has 2 aromatic heterocycles. The molecule has 1 N–H and O–H groups in total. The minimum atomic E-state index is -0.249. The second-order valence-electron chi connectivity index (χ2n) is 8.27. The molecule has 0 radical (unpaired) electrons. The SMILES string of the molecule is COCCCNc1nc2c(C)cccn2c(=O)c1C=C1SC(=S)N(CCc2ccc(OC)cc2)C1=O. The summed E-state index contributed by atoms with van der Waals surface area (Å²) in [4.78, 5) is 33.4. The first kappa shape index (κ1) is 25.9. The molecular formula is C26H28N4O4S2. The summed E-state index contributed by atoms with van der Waals surface area (Å²) in [6.07, 6.45) is 4.69. The molecular weight excluding hydrogens is 496 g/mol. The van der Waals surface area contributed by atoms with E-state index in [1.807, 2.05) is 37.3 Å². The first-order valence-corrected chi connectivity index (χ1v) is 12.8. The van der Waals surface area contributed by atoms with Gasteiger partial charge in [-0.05, 0) is 55.2 Å². The molecule has 0 atom stereocenters. The zero-order chi connectivity index (χ0) is 25.7. The molecule has 188 valence electrons. The van der Waals surface area contributed by atoms with Gasteiger partial charge < -0.3 is 14.8 Å². The topological polar surface area (TPSA) is 85.2 Å². The maximum absolute atomic E-state index is 13.4. The van der Waals surface area contributed by atoms with E-state index in [4.69, 9.17) is 26.7 Å². The molecule has 3 heterocycles. The zero-order valence-corrected chi connectivity index (χ0v) is 22.1. The molecule has 1 aromatic carbocycles. The van der Waals surface area contributed by atoms with Crippen molar-refractivity contribution in [3.63, 3.8) is 0 Å². The minimum Gasteiger partial charge on any atom is -0.497 e. The number of benzene rings is 1. The normalized spacial score (nSPS) is 14.8. The van der Waals surface area contributed by atoms with Crippen LogP contribution in [0.3, 0.4) is 0 Å². The van der Waals surface area contributed by atoms with Gasteiger partial charge >= 0.3 is 0 Å². The number of carbonyl (C=O) groups is 1. The summed E-state index contributed by atoms with van der Waals surface area (Å²) in [5, 5.41) is 3.25. The number of methoxy groups -OCH3 is 2. The van der Waals surface area contributed by atoms with Crippen LogP contribution >= 0.6 is 24.0 Å². The van der Waals surface area contributed by atoms with Crippen LogP contribution in [0.4, 0.5) is 5.82 Å². The molecule has 3 aromatic rings. The van der Waals surface area contributed by atoms with Gasteiger partial charge in [-0.3, -0.25) is 18.9 Å². The van der Waals surface area contributed by atoms with Gasteiger partial charge in [0.2, 0.25) is 0 Å². The van der Waals surface area contributed by atoms with Crippen molar-refractivity contribution in [2.75, 3.05) is 39.2 Å². The Morgan fingerprint density at radius 2 is 1.94 bits per heavy atom. The quantitative estimate of drug-likeness (QED) is 0.243. The van der Waals surface area contributed by atoms with Crippen LogP contribution in [0.2, 0.25) is 0 Å². The lowest BCUT2D eigenvalue weighted by Crippen LogP contribution is -2.30. The first-order chi connectivity index (χ1) is 17.4. The van der Waals surface area contributed by atoms with Gasteiger partial charge in [-0.15, -0.1) is 0 Å². The van der Waals surface area contributed by atoms with Crippen LogP contribution in [0.15, 0.2) is 52.3 Å². The van der Waals surface area contributed by atoms with Gasteiger partial charge in [-0.2, -0.15) is 0 Å². The molecule has 10 heteroatoms. The molecule has 0 spiro atoms. The van der Waals surface area contributed by atoms with Gasteiger partial charge in [0.25, 0.3) is 11.5 Å². The van der Waals surface area contributed by atoms with Crippen LogP contribution in [0.1, 0.15) is 23.1 Å². The monoisotopic (exact) mass is 524 g/mol. The van der Waals surface area contributed by atoms with Crippen molar-refractivity contribution in [2.45, 2.75) is 19.8 Å². The van der Waals surface area contributed by atoms with E-state index in [0.717, 1.165) is 23.3 Å². The van der Waals surface area contributed by atoms with Crippen LogP contribution in [0.5, 0.6) is 5.75 Å². The molecule has 0 aliphatic carbocycles. The Kier molecular flexibility index (Phi) is 8.40. The van der Waals surface area contributed by atoms with E-state index in [2.05, 4.69) is 5.32 Å². The standard InChI is InChI=1S/C26H28N4O4S2/c1-17-6-4-13-29-23(17)28-22(27-12-5-15-33-2)20(24(29)31)16-21-25(32)30(26(35)36-21)14-11-18-7-9-19(34-3)10-8-18/h4,6-10,13,16,27H,5,11-12,14-15H2,1-3H3. The minimum absolute atomic E-state index is 0.211. The second-order valence-corrected chi connectivity index (χ2v) is 9.94. The Hall–Kier alpha value is -3.21. The molecule has 0 bridgehead atoms. The van der Waals surface area contributed by atoms with Gasteiger partial charge in [0.05, 0.1) is 17.6 Å². The summed E-state index contributed by atoms with van der Waals surface area (Å²) in [6, 6.07) is 11.4. The van der Waals surface area contributed by atoms with Crippen molar-refractivity contribution in [1.82, 2.24) is 14.3 Å². The molecule has 1 aliphatic heterocycles. The Labute approximate surface area is 219 Å². The summed E-state index contributed by atoms with van der Waals surface area (Å²) < 4.78 is 12.3. The number of thiocarbonyl (C=S) groups is 1. The lowest BCUT2D eigenvalue weighted by Gasteiger charge is -2.14. The first-order valence-electron chi connectivity index (χ1n) is 11.6. The number of nitrogens with zero attached hydrogens (tertiary/aromatic N) is 3. The maximum Gasteiger partial charge on any atom is 0.267 e. The number of thioether (sulfide) groups is 1. The van der Waals surface area contributed by atoms with Crippen molar-refractivity contribution < 1.29 is 14.3 Å².